The van der Waals surface area contributed by atoms with Crippen LogP contribution in [0.3, 0.4) is 0 Å². The van der Waals surface area contributed by atoms with E-state index in [1.54, 1.807) is 12.1 Å². The first-order chi connectivity index (χ1) is 8.45. The van der Waals surface area contributed by atoms with Crippen LogP contribution in [0.1, 0.15) is 30.6 Å². The van der Waals surface area contributed by atoms with Gasteiger partial charge in [0.05, 0.1) is 23.4 Å². The molecule has 100 valence electrons. The van der Waals surface area contributed by atoms with Crippen molar-refractivity contribution in [1.29, 1.82) is 0 Å². The molecular weight excluding hydrogens is 318 g/mol. The smallest absolute Gasteiger partial charge is 0.340 e. The van der Waals surface area contributed by atoms with E-state index in [1.807, 2.05) is 0 Å². The average molecular weight is 335 g/mol. The molecule has 0 atom stereocenters. The number of hydrogen-bond acceptors (Lipinski definition) is 3. The highest BCUT2D eigenvalue weighted by Gasteiger charge is 2.16. The minimum Gasteiger partial charge on any atom is -0.465 e. The van der Waals surface area contributed by atoms with Crippen molar-refractivity contribution < 1.29 is 9.53 Å². The Kier molecular flexibility index (Phi) is 5.96. The third kappa shape index (κ3) is 4.18. The number of hydrogen-bond donors (Lipinski definition) is 1. The van der Waals surface area contributed by atoms with Crippen LogP contribution < -0.4 is 5.32 Å². The molecule has 1 aromatic carbocycles. The van der Waals surface area contributed by atoms with Crippen molar-refractivity contribution in [3.05, 3.63) is 27.2 Å². The highest BCUT2D eigenvalue weighted by molar-refractivity contribution is 9.10. The molecule has 0 aromatic heterocycles. The van der Waals surface area contributed by atoms with Crippen LogP contribution in [0.5, 0.6) is 0 Å². The number of rotatable bonds is 5. The Bertz CT molecular complexity index is 435. The van der Waals surface area contributed by atoms with Crippen molar-refractivity contribution in [2.24, 2.45) is 5.92 Å². The fourth-order valence-electron chi connectivity index (χ4n) is 1.51. The van der Waals surface area contributed by atoms with Crippen LogP contribution in [0.15, 0.2) is 16.6 Å². The zero-order valence-corrected chi connectivity index (χ0v) is 13.1. The molecule has 0 bridgehead atoms. The Morgan fingerprint density at radius 2 is 2.17 bits per heavy atom. The molecule has 0 radical (unpaired) electrons. The maximum absolute atomic E-state index is 11.7. The van der Waals surface area contributed by atoms with Gasteiger partial charge in [0.15, 0.2) is 0 Å². The van der Waals surface area contributed by atoms with E-state index in [0.717, 1.165) is 17.4 Å². The zero-order valence-electron chi connectivity index (χ0n) is 10.7. The molecular formula is C13H17BrClNO2. The van der Waals surface area contributed by atoms with E-state index in [2.05, 4.69) is 35.1 Å². The van der Waals surface area contributed by atoms with Crippen LogP contribution in [0.4, 0.5) is 5.69 Å². The molecule has 0 spiro atoms. The lowest BCUT2D eigenvalue weighted by Gasteiger charge is -2.14. The van der Waals surface area contributed by atoms with Gasteiger partial charge in [-0.1, -0.05) is 41.4 Å². The molecule has 0 aliphatic rings. The second-order valence-electron chi connectivity index (χ2n) is 4.41. The van der Waals surface area contributed by atoms with E-state index >= 15 is 0 Å². The fraction of sp³-hybridized carbons (Fsp3) is 0.462. The number of carbonyl (C=O) groups is 1. The second-order valence-corrected chi connectivity index (χ2v) is 5.73. The van der Waals surface area contributed by atoms with Gasteiger partial charge in [-0.3, -0.25) is 0 Å². The van der Waals surface area contributed by atoms with Gasteiger partial charge in [-0.15, -0.1) is 0 Å². The number of benzene rings is 1. The molecule has 0 amide bonds. The van der Waals surface area contributed by atoms with Crippen LogP contribution in [0.25, 0.3) is 0 Å². The molecule has 5 heteroatoms. The number of ether oxygens (including phenoxy) is 1. The summed E-state index contributed by atoms with van der Waals surface area (Å²) in [5.74, 6) is 0.193. The summed E-state index contributed by atoms with van der Waals surface area (Å²) in [4.78, 5) is 11.7. The van der Waals surface area contributed by atoms with E-state index < -0.39 is 5.97 Å². The summed E-state index contributed by atoms with van der Waals surface area (Å²) in [7, 11) is 1.36. The molecule has 0 saturated heterocycles. The quantitative estimate of drug-likeness (QED) is 0.814. The minimum atomic E-state index is -0.398. The number of nitrogens with one attached hydrogen (secondary N) is 1. The third-order valence-corrected chi connectivity index (χ3v) is 3.24. The van der Waals surface area contributed by atoms with Crippen molar-refractivity contribution in [3.63, 3.8) is 0 Å². The molecule has 0 aliphatic heterocycles. The Labute approximate surface area is 121 Å². The lowest BCUT2D eigenvalue weighted by atomic mass is 10.1. The molecule has 0 unspecified atom stereocenters. The van der Waals surface area contributed by atoms with Crippen LogP contribution in [0.2, 0.25) is 5.02 Å². The minimum absolute atomic E-state index is 0.398. The Hall–Kier alpha value is -0.740. The van der Waals surface area contributed by atoms with Gasteiger partial charge in [-0.05, 0) is 24.5 Å². The van der Waals surface area contributed by atoms with Gasteiger partial charge in [0.1, 0.15) is 0 Å². The molecule has 1 rings (SSSR count). The summed E-state index contributed by atoms with van der Waals surface area (Å²) in [5.41, 5.74) is 1.08. The van der Waals surface area contributed by atoms with E-state index in [1.165, 1.54) is 7.11 Å². The van der Waals surface area contributed by atoms with Crippen LogP contribution in [0, 0.1) is 5.92 Å². The number of carbonyl (C=O) groups excluding carboxylic acids is 1. The molecule has 0 aliphatic carbocycles. The van der Waals surface area contributed by atoms with Gasteiger partial charge in [-0.2, -0.15) is 0 Å². The van der Waals surface area contributed by atoms with Crippen molar-refractivity contribution in [2.75, 3.05) is 19.0 Å². The first-order valence-corrected chi connectivity index (χ1v) is 6.94. The summed E-state index contributed by atoms with van der Waals surface area (Å²) in [5, 5.41) is 3.71. The predicted molar refractivity (Wildman–Crippen MR) is 78.4 cm³/mol. The summed E-state index contributed by atoms with van der Waals surface area (Å²) in [6.07, 6.45) is 1.01. The number of methoxy groups -OCH3 is 1. The van der Waals surface area contributed by atoms with E-state index in [0.29, 0.717) is 22.2 Å². The fourth-order valence-corrected chi connectivity index (χ4v) is 2.39. The normalized spacial score (nSPS) is 10.6. The molecule has 18 heavy (non-hydrogen) atoms. The lowest BCUT2D eigenvalue weighted by Crippen LogP contribution is -2.11. The van der Waals surface area contributed by atoms with E-state index in [-0.39, 0.29) is 0 Å². The summed E-state index contributed by atoms with van der Waals surface area (Å²) in [6.45, 7) is 5.06. The summed E-state index contributed by atoms with van der Waals surface area (Å²) >= 11 is 9.47. The molecule has 0 fully saturated rings. The maximum Gasteiger partial charge on any atom is 0.340 e. The number of anilines is 1. The molecule has 0 saturated carbocycles. The lowest BCUT2D eigenvalue weighted by molar-refractivity contribution is 0.0601. The summed E-state index contributed by atoms with van der Waals surface area (Å²) < 4.78 is 5.51. The largest absolute Gasteiger partial charge is 0.465 e. The van der Waals surface area contributed by atoms with Gasteiger partial charge in [0, 0.05) is 11.0 Å². The predicted octanol–water partition coefficient (Wildman–Crippen LogP) is 4.35. The first kappa shape index (κ1) is 15.3. The van der Waals surface area contributed by atoms with E-state index in [4.69, 9.17) is 16.3 Å². The zero-order chi connectivity index (χ0) is 13.7. The number of esters is 1. The van der Waals surface area contributed by atoms with Gasteiger partial charge >= 0.3 is 5.97 Å². The molecule has 1 N–H and O–H groups in total. The van der Waals surface area contributed by atoms with Crippen molar-refractivity contribution in [3.8, 4) is 0 Å². The SMILES string of the molecule is COC(=O)c1cc(Br)cc(Cl)c1NCCC(C)C. The average Bonchev–Trinajstić information content (AvgIpc) is 2.30. The Morgan fingerprint density at radius 3 is 2.72 bits per heavy atom. The van der Waals surface area contributed by atoms with Crippen LogP contribution in [-0.4, -0.2) is 19.6 Å². The van der Waals surface area contributed by atoms with Crippen molar-refractivity contribution in [1.82, 2.24) is 0 Å². The van der Waals surface area contributed by atoms with Crippen molar-refractivity contribution in [2.45, 2.75) is 20.3 Å². The third-order valence-electron chi connectivity index (χ3n) is 2.48. The highest BCUT2D eigenvalue weighted by atomic mass is 79.9. The van der Waals surface area contributed by atoms with E-state index in [9.17, 15) is 4.79 Å². The standard InChI is InChI=1S/C13H17BrClNO2/c1-8(2)4-5-16-12-10(13(17)18-3)6-9(14)7-11(12)15/h6-8,16H,4-5H2,1-3H3. The number of halogens is 2. The van der Waals surface area contributed by atoms with Gasteiger partial charge < -0.3 is 10.1 Å². The topological polar surface area (TPSA) is 38.3 Å². The summed E-state index contributed by atoms with van der Waals surface area (Å²) in [6, 6.07) is 3.46. The van der Waals surface area contributed by atoms with Gasteiger partial charge in [0.25, 0.3) is 0 Å². The Morgan fingerprint density at radius 1 is 1.50 bits per heavy atom. The van der Waals surface area contributed by atoms with Gasteiger partial charge in [0.2, 0.25) is 0 Å². The highest BCUT2D eigenvalue weighted by Crippen LogP contribution is 2.31. The first-order valence-electron chi connectivity index (χ1n) is 5.77. The second kappa shape index (κ2) is 7.00. The van der Waals surface area contributed by atoms with Crippen LogP contribution >= 0.6 is 27.5 Å². The van der Waals surface area contributed by atoms with Crippen molar-refractivity contribution >= 4 is 39.2 Å². The Balaban J connectivity index is 2.96. The van der Waals surface area contributed by atoms with Gasteiger partial charge in [-0.25, -0.2) is 4.79 Å². The molecule has 3 nitrogen and oxygen atoms in total. The molecule has 0 heterocycles. The molecule has 1 aromatic rings. The monoisotopic (exact) mass is 333 g/mol. The maximum atomic E-state index is 11.7. The van der Waals surface area contributed by atoms with Crippen LogP contribution in [-0.2, 0) is 4.74 Å².